The summed E-state index contributed by atoms with van der Waals surface area (Å²) in [5, 5.41) is 0. The van der Waals surface area contributed by atoms with Crippen molar-refractivity contribution in [2.75, 3.05) is 13.1 Å². The number of nitrogens with zero attached hydrogens (tertiary/aromatic N) is 1. The van der Waals surface area contributed by atoms with Crippen LogP contribution in [0.4, 0.5) is 0 Å². The van der Waals surface area contributed by atoms with Gasteiger partial charge in [0.1, 0.15) is 0 Å². The minimum absolute atomic E-state index is 0.0971. The zero-order valence-electron chi connectivity index (χ0n) is 11.6. The largest absolute Gasteiger partial charge is 0.336 e. The number of benzene rings is 1. The highest BCUT2D eigenvalue weighted by Gasteiger charge is 2.33. The van der Waals surface area contributed by atoms with Crippen molar-refractivity contribution in [3.8, 4) is 0 Å². The number of rotatable bonds is 4. The van der Waals surface area contributed by atoms with Crippen LogP contribution in [-0.4, -0.2) is 29.9 Å². The van der Waals surface area contributed by atoms with Crippen LogP contribution in [0.3, 0.4) is 0 Å². The van der Waals surface area contributed by atoms with Crippen LogP contribution in [0.15, 0.2) is 27.1 Å². The molecule has 1 saturated carbocycles. The normalized spacial score (nSPS) is 22.0. The number of amides is 1. The first-order chi connectivity index (χ1) is 9.56. The van der Waals surface area contributed by atoms with Crippen LogP contribution in [0.1, 0.15) is 36.5 Å². The SMILES string of the molecule is CCN(C(=O)c1cc(Br)cc(Br)c1)C1CCCC1CN. The number of nitrogens with two attached hydrogens (primary N) is 1. The van der Waals surface area contributed by atoms with Gasteiger partial charge in [-0.1, -0.05) is 38.3 Å². The molecule has 1 aromatic carbocycles. The molecule has 0 bridgehead atoms. The third-order valence-electron chi connectivity index (χ3n) is 4.03. The fraction of sp³-hybridized carbons (Fsp3) is 0.533. The van der Waals surface area contributed by atoms with Gasteiger partial charge in [-0.2, -0.15) is 0 Å². The predicted octanol–water partition coefficient (Wildman–Crippen LogP) is 3.80. The lowest BCUT2D eigenvalue weighted by molar-refractivity contribution is 0.0652. The summed E-state index contributed by atoms with van der Waals surface area (Å²) in [4.78, 5) is 14.8. The molecule has 1 amide bonds. The Morgan fingerprint density at radius 2 is 1.95 bits per heavy atom. The van der Waals surface area contributed by atoms with Crippen LogP contribution in [0, 0.1) is 5.92 Å². The van der Waals surface area contributed by atoms with Gasteiger partial charge in [0.25, 0.3) is 5.91 Å². The minimum Gasteiger partial charge on any atom is -0.336 e. The summed E-state index contributed by atoms with van der Waals surface area (Å²) in [6.07, 6.45) is 3.36. The average Bonchev–Trinajstić information content (AvgIpc) is 2.86. The summed E-state index contributed by atoms with van der Waals surface area (Å²) in [5.41, 5.74) is 6.57. The van der Waals surface area contributed by atoms with Crippen molar-refractivity contribution in [2.24, 2.45) is 11.7 Å². The van der Waals surface area contributed by atoms with Gasteiger partial charge in [-0.15, -0.1) is 0 Å². The predicted molar refractivity (Wildman–Crippen MR) is 88.7 cm³/mol. The van der Waals surface area contributed by atoms with E-state index in [1.165, 1.54) is 6.42 Å². The Labute approximate surface area is 137 Å². The van der Waals surface area contributed by atoms with E-state index in [9.17, 15) is 4.79 Å². The molecule has 3 nitrogen and oxygen atoms in total. The smallest absolute Gasteiger partial charge is 0.254 e. The lowest BCUT2D eigenvalue weighted by Crippen LogP contribution is -2.44. The molecule has 1 aliphatic rings. The molecule has 2 N–H and O–H groups in total. The van der Waals surface area contributed by atoms with E-state index < -0.39 is 0 Å². The van der Waals surface area contributed by atoms with Crippen molar-refractivity contribution in [1.29, 1.82) is 0 Å². The molecular formula is C15H20Br2N2O. The van der Waals surface area contributed by atoms with E-state index >= 15 is 0 Å². The number of carbonyl (C=O) groups excluding carboxylic acids is 1. The van der Waals surface area contributed by atoms with Crippen molar-refractivity contribution in [2.45, 2.75) is 32.2 Å². The second-order valence-electron chi connectivity index (χ2n) is 5.24. The second-order valence-corrected chi connectivity index (χ2v) is 7.07. The number of hydrogen-bond acceptors (Lipinski definition) is 2. The van der Waals surface area contributed by atoms with Gasteiger partial charge in [0.05, 0.1) is 0 Å². The number of halogens is 2. The minimum atomic E-state index is 0.0971. The quantitative estimate of drug-likeness (QED) is 0.830. The summed E-state index contributed by atoms with van der Waals surface area (Å²) in [7, 11) is 0. The molecule has 0 aromatic heterocycles. The molecule has 1 fully saturated rings. The molecule has 1 aliphatic carbocycles. The van der Waals surface area contributed by atoms with E-state index in [-0.39, 0.29) is 11.9 Å². The number of hydrogen-bond donors (Lipinski definition) is 1. The van der Waals surface area contributed by atoms with Crippen molar-refractivity contribution in [3.05, 3.63) is 32.7 Å². The van der Waals surface area contributed by atoms with Crippen LogP contribution in [0.2, 0.25) is 0 Å². The molecule has 1 aromatic rings. The van der Waals surface area contributed by atoms with E-state index in [1.54, 1.807) is 0 Å². The first-order valence-electron chi connectivity index (χ1n) is 7.04. The van der Waals surface area contributed by atoms with Crippen LogP contribution in [0.25, 0.3) is 0 Å². The average molecular weight is 404 g/mol. The zero-order chi connectivity index (χ0) is 14.7. The molecule has 0 spiro atoms. The lowest BCUT2D eigenvalue weighted by Gasteiger charge is -2.32. The first-order valence-corrected chi connectivity index (χ1v) is 8.62. The fourth-order valence-electron chi connectivity index (χ4n) is 3.07. The molecule has 0 saturated heterocycles. The third kappa shape index (κ3) is 3.43. The van der Waals surface area contributed by atoms with Crippen LogP contribution in [0.5, 0.6) is 0 Å². The molecule has 0 heterocycles. The monoisotopic (exact) mass is 402 g/mol. The van der Waals surface area contributed by atoms with Crippen molar-refractivity contribution in [3.63, 3.8) is 0 Å². The van der Waals surface area contributed by atoms with Gasteiger partial charge in [-0.05, 0) is 50.4 Å². The summed E-state index contributed by atoms with van der Waals surface area (Å²) in [6.45, 7) is 3.43. The van der Waals surface area contributed by atoms with Crippen LogP contribution >= 0.6 is 31.9 Å². The van der Waals surface area contributed by atoms with Crippen LogP contribution in [-0.2, 0) is 0 Å². The topological polar surface area (TPSA) is 46.3 Å². The maximum atomic E-state index is 12.8. The Bertz CT molecular complexity index is 473. The zero-order valence-corrected chi connectivity index (χ0v) is 14.8. The molecule has 2 unspecified atom stereocenters. The highest BCUT2D eigenvalue weighted by molar-refractivity contribution is 9.11. The van der Waals surface area contributed by atoms with Crippen molar-refractivity contribution in [1.82, 2.24) is 4.90 Å². The molecule has 0 radical (unpaired) electrons. The van der Waals surface area contributed by atoms with Gasteiger partial charge in [0.2, 0.25) is 0 Å². The van der Waals surface area contributed by atoms with E-state index in [4.69, 9.17) is 5.73 Å². The molecule has 2 rings (SSSR count). The van der Waals surface area contributed by atoms with Gasteiger partial charge >= 0.3 is 0 Å². The van der Waals surface area contributed by atoms with Gasteiger partial charge < -0.3 is 10.6 Å². The summed E-state index contributed by atoms with van der Waals surface area (Å²) in [6, 6.07) is 5.98. The Hall–Kier alpha value is -0.390. The van der Waals surface area contributed by atoms with Crippen LogP contribution < -0.4 is 5.73 Å². The molecule has 5 heteroatoms. The van der Waals surface area contributed by atoms with Gasteiger partial charge in [0.15, 0.2) is 0 Å². The highest BCUT2D eigenvalue weighted by Crippen LogP contribution is 2.31. The Morgan fingerprint density at radius 1 is 1.30 bits per heavy atom. The van der Waals surface area contributed by atoms with Gasteiger partial charge in [-0.25, -0.2) is 0 Å². The lowest BCUT2D eigenvalue weighted by atomic mass is 10.0. The summed E-state index contributed by atoms with van der Waals surface area (Å²) in [5.74, 6) is 0.536. The Kier molecular flexibility index (Phi) is 5.64. The maximum Gasteiger partial charge on any atom is 0.254 e. The molecule has 110 valence electrons. The summed E-state index contributed by atoms with van der Waals surface area (Å²) >= 11 is 6.88. The number of carbonyl (C=O) groups is 1. The second kappa shape index (κ2) is 7.05. The molecule has 20 heavy (non-hydrogen) atoms. The maximum absolute atomic E-state index is 12.8. The third-order valence-corrected chi connectivity index (χ3v) is 4.95. The van der Waals surface area contributed by atoms with Gasteiger partial charge in [-0.3, -0.25) is 4.79 Å². The Balaban J connectivity index is 2.24. The Morgan fingerprint density at radius 3 is 2.50 bits per heavy atom. The van der Waals surface area contributed by atoms with E-state index in [0.29, 0.717) is 12.5 Å². The highest BCUT2D eigenvalue weighted by atomic mass is 79.9. The fourth-order valence-corrected chi connectivity index (χ4v) is 4.37. The van der Waals surface area contributed by atoms with E-state index in [1.807, 2.05) is 30.0 Å². The van der Waals surface area contributed by atoms with Crippen molar-refractivity contribution >= 4 is 37.8 Å². The van der Waals surface area contributed by atoms with Crippen molar-refractivity contribution < 1.29 is 4.79 Å². The standard InChI is InChI=1S/C15H20Br2N2O/c1-2-19(14-5-3-4-10(14)9-18)15(20)11-6-12(16)8-13(17)7-11/h6-8,10,14H,2-5,9,18H2,1H3. The van der Waals surface area contributed by atoms with Gasteiger partial charge in [0, 0.05) is 27.1 Å². The van der Waals surface area contributed by atoms with E-state index in [2.05, 4.69) is 31.9 Å². The first kappa shape index (κ1) is 16.0. The summed E-state index contributed by atoms with van der Waals surface area (Å²) < 4.78 is 1.82. The molecular weight excluding hydrogens is 384 g/mol. The molecule has 0 aliphatic heterocycles. The van der Waals surface area contributed by atoms with E-state index in [0.717, 1.165) is 33.9 Å². The molecule has 2 atom stereocenters.